The van der Waals surface area contributed by atoms with Crippen LogP contribution in [0.4, 0.5) is 0 Å². The van der Waals surface area contributed by atoms with E-state index in [0.717, 1.165) is 30.1 Å². The minimum atomic E-state index is -0.303. The van der Waals surface area contributed by atoms with Gasteiger partial charge in [-0.3, -0.25) is 4.79 Å². The fraction of sp³-hybridized carbons (Fsp3) is 0.750. The summed E-state index contributed by atoms with van der Waals surface area (Å²) in [4.78, 5) is 14.8. The number of hydrogen-bond acceptors (Lipinski definition) is 6. The highest BCUT2D eigenvalue weighted by Gasteiger charge is 2.30. The molecule has 1 aromatic rings. The Labute approximate surface area is 116 Å². The normalized spacial score (nSPS) is 23.6. The van der Waals surface area contributed by atoms with Crippen LogP contribution in [-0.4, -0.2) is 57.4 Å². The number of carbonyl (C=O) groups excluding carboxylic acids is 1. The quantitative estimate of drug-likeness (QED) is 0.882. The lowest BCUT2D eigenvalue weighted by Crippen LogP contribution is -2.50. The minimum Gasteiger partial charge on any atom is -0.394 e. The number of aromatic nitrogens is 2. The summed E-state index contributed by atoms with van der Waals surface area (Å²) in [5.41, 5.74) is 0.775. The predicted octanol–water partition coefficient (Wildman–Crippen LogP) is 0.712. The zero-order valence-corrected chi connectivity index (χ0v) is 12.0. The Hall–Kier alpha value is -1.05. The van der Waals surface area contributed by atoms with Crippen LogP contribution in [0.2, 0.25) is 0 Å². The predicted molar refractivity (Wildman–Crippen MR) is 71.2 cm³/mol. The van der Waals surface area contributed by atoms with E-state index in [4.69, 9.17) is 4.74 Å². The van der Waals surface area contributed by atoms with Crippen molar-refractivity contribution in [2.75, 3.05) is 19.7 Å². The lowest BCUT2D eigenvalue weighted by Gasteiger charge is -2.35. The van der Waals surface area contributed by atoms with Crippen molar-refractivity contribution in [3.8, 4) is 0 Å². The van der Waals surface area contributed by atoms with Crippen molar-refractivity contribution < 1.29 is 14.6 Å². The van der Waals surface area contributed by atoms with Gasteiger partial charge in [0.25, 0.3) is 5.91 Å². The molecule has 2 unspecified atom stereocenters. The van der Waals surface area contributed by atoms with E-state index in [9.17, 15) is 9.90 Å². The van der Waals surface area contributed by atoms with Gasteiger partial charge in [-0.2, -0.15) is 0 Å². The number of morpholine rings is 1. The first-order valence-electron chi connectivity index (χ1n) is 6.52. The van der Waals surface area contributed by atoms with Crippen LogP contribution < -0.4 is 0 Å². The average molecular weight is 285 g/mol. The van der Waals surface area contributed by atoms with Crippen molar-refractivity contribution in [3.63, 3.8) is 0 Å². The van der Waals surface area contributed by atoms with Crippen LogP contribution in [0.3, 0.4) is 0 Å². The molecule has 0 aromatic carbocycles. The van der Waals surface area contributed by atoms with Gasteiger partial charge in [0, 0.05) is 13.1 Å². The fourth-order valence-corrected chi connectivity index (χ4v) is 2.90. The number of aliphatic hydroxyl groups is 1. The number of rotatable bonds is 4. The standard InChI is InChI=1S/C12H19N3O3S/c1-3-4-10-11(19-14-13-10)12(17)15-5-8(2)18-9(6-15)7-16/h8-9,16H,3-7H2,1-2H3. The number of ether oxygens (including phenoxy) is 1. The third-order valence-electron chi connectivity index (χ3n) is 3.05. The van der Waals surface area contributed by atoms with Gasteiger partial charge < -0.3 is 14.7 Å². The topological polar surface area (TPSA) is 75.6 Å². The summed E-state index contributed by atoms with van der Waals surface area (Å²) in [6.07, 6.45) is 1.33. The van der Waals surface area contributed by atoms with E-state index in [0.29, 0.717) is 18.0 Å². The monoisotopic (exact) mass is 285 g/mol. The van der Waals surface area contributed by atoms with Crippen molar-refractivity contribution in [2.24, 2.45) is 0 Å². The molecule has 0 aliphatic carbocycles. The highest BCUT2D eigenvalue weighted by Crippen LogP contribution is 2.19. The zero-order chi connectivity index (χ0) is 13.8. The largest absolute Gasteiger partial charge is 0.394 e. The summed E-state index contributed by atoms with van der Waals surface area (Å²) >= 11 is 1.15. The maximum Gasteiger partial charge on any atom is 0.267 e. The van der Waals surface area contributed by atoms with Gasteiger partial charge in [-0.25, -0.2) is 0 Å². The van der Waals surface area contributed by atoms with Crippen LogP contribution in [0, 0.1) is 0 Å². The van der Waals surface area contributed by atoms with E-state index in [-0.39, 0.29) is 24.7 Å². The molecule has 1 amide bonds. The summed E-state index contributed by atoms with van der Waals surface area (Å²) in [5, 5.41) is 13.2. The first-order chi connectivity index (χ1) is 9.15. The third kappa shape index (κ3) is 3.29. The van der Waals surface area contributed by atoms with Crippen LogP contribution in [0.15, 0.2) is 0 Å². The molecule has 1 aliphatic heterocycles. The third-order valence-corrected chi connectivity index (χ3v) is 3.81. The number of carbonyl (C=O) groups is 1. The molecule has 2 heterocycles. The summed E-state index contributed by atoms with van der Waals surface area (Å²) in [6.45, 7) is 4.84. The Morgan fingerprint density at radius 2 is 2.37 bits per heavy atom. The second kappa shape index (κ2) is 6.40. The number of hydrogen-bond donors (Lipinski definition) is 1. The lowest BCUT2D eigenvalue weighted by molar-refractivity contribution is -0.0858. The van der Waals surface area contributed by atoms with E-state index in [1.807, 2.05) is 13.8 Å². The van der Waals surface area contributed by atoms with Gasteiger partial charge in [0.2, 0.25) is 0 Å². The van der Waals surface area contributed by atoms with Gasteiger partial charge in [-0.15, -0.1) is 5.10 Å². The lowest BCUT2D eigenvalue weighted by atomic mass is 10.2. The Kier molecular flexibility index (Phi) is 4.84. The molecule has 1 saturated heterocycles. The Morgan fingerprint density at radius 1 is 1.58 bits per heavy atom. The molecule has 106 valence electrons. The van der Waals surface area contributed by atoms with Crippen LogP contribution >= 0.6 is 11.5 Å². The molecule has 19 heavy (non-hydrogen) atoms. The van der Waals surface area contributed by atoms with Crippen LogP contribution in [-0.2, 0) is 11.2 Å². The minimum absolute atomic E-state index is 0.0490. The fourth-order valence-electron chi connectivity index (χ4n) is 2.23. The van der Waals surface area contributed by atoms with E-state index in [1.54, 1.807) is 4.90 Å². The molecule has 2 rings (SSSR count). The Bertz CT molecular complexity index is 438. The molecule has 1 N–H and O–H groups in total. The number of nitrogens with zero attached hydrogens (tertiary/aromatic N) is 3. The van der Waals surface area contributed by atoms with E-state index in [1.165, 1.54) is 0 Å². The summed E-state index contributed by atoms with van der Waals surface area (Å²) in [7, 11) is 0. The number of amides is 1. The summed E-state index contributed by atoms with van der Waals surface area (Å²) < 4.78 is 9.42. The van der Waals surface area contributed by atoms with Gasteiger partial charge in [-0.05, 0) is 24.9 Å². The molecule has 6 nitrogen and oxygen atoms in total. The SMILES string of the molecule is CCCc1nnsc1C(=O)N1CC(C)OC(CO)C1. The van der Waals surface area contributed by atoms with Crippen LogP contribution in [0.1, 0.15) is 35.6 Å². The van der Waals surface area contributed by atoms with Crippen LogP contribution in [0.5, 0.6) is 0 Å². The molecule has 1 aromatic heterocycles. The van der Waals surface area contributed by atoms with Crippen molar-refractivity contribution in [2.45, 2.75) is 38.9 Å². The maximum atomic E-state index is 12.5. The van der Waals surface area contributed by atoms with Gasteiger partial charge in [0.1, 0.15) is 4.88 Å². The molecule has 1 aliphatic rings. The highest BCUT2D eigenvalue weighted by atomic mass is 32.1. The van der Waals surface area contributed by atoms with E-state index < -0.39 is 0 Å². The van der Waals surface area contributed by atoms with Gasteiger partial charge in [-0.1, -0.05) is 17.8 Å². The first kappa shape index (κ1) is 14.4. The highest BCUT2D eigenvalue weighted by molar-refractivity contribution is 7.08. The van der Waals surface area contributed by atoms with Crippen LogP contribution in [0.25, 0.3) is 0 Å². The van der Waals surface area contributed by atoms with Crippen molar-refractivity contribution in [3.05, 3.63) is 10.6 Å². The Balaban J connectivity index is 2.11. The number of aliphatic hydroxyl groups excluding tert-OH is 1. The van der Waals surface area contributed by atoms with E-state index >= 15 is 0 Å². The van der Waals surface area contributed by atoms with Gasteiger partial charge in [0.15, 0.2) is 0 Å². The Morgan fingerprint density at radius 3 is 3.05 bits per heavy atom. The number of aryl methyl sites for hydroxylation is 1. The first-order valence-corrected chi connectivity index (χ1v) is 7.29. The van der Waals surface area contributed by atoms with E-state index in [2.05, 4.69) is 9.59 Å². The van der Waals surface area contributed by atoms with Crippen molar-refractivity contribution in [1.82, 2.24) is 14.5 Å². The molecule has 0 saturated carbocycles. The second-order valence-corrected chi connectivity index (χ2v) is 5.51. The molecule has 0 spiro atoms. The molecular weight excluding hydrogens is 266 g/mol. The molecule has 2 atom stereocenters. The van der Waals surface area contributed by atoms with Crippen molar-refractivity contribution >= 4 is 17.4 Å². The second-order valence-electron chi connectivity index (χ2n) is 4.76. The molecule has 7 heteroatoms. The van der Waals surface area contributed by atoms with Gasteiger partial charge in [0.05, 0.1) is 24.5 Å². The zero-order valence-electron chi connectivity index (χ0n) is 11.2. The summed E-state index contributed by atoms with van der Waals surface area (Å²) in [6, 6.07) is 0. The average Bonchev–Trinajstić information content (AvgIpc) is 2.85. The van der Waals surface area contributed by atoms with Crippen molar-refractivity contribution in [1.29, 1.82) is 0 Å². The molecule has 0 bridgehead atoms. The molecule has 0 radical (unpaired) electrons. The smallest absolute Gasteiger partial charge is 0.267 e. The van der Waals surface area contributed by atoms with Gasteiger partial charge >= 0.3 is 0 Å². The summed E-state index contributed by atoms with van der Waals surface area (Å²) in [5.74, 6) is -0.0490. The molecular formula is C12H19N3O3S. The maximum absolute atomic E-state index is 12.5. The molecule has 1 fully saturated rings.